The van der Waals surface area contributed by atoms with E-state index in [-0.39, 0.29) is 40.4 Å². The third kappa shape index (κ3) is 6.11. The minimum absolute atomic E-state index is 0.0200. The monoisotopic (exact) mass is 648 g/mol. The van der Waals surface area contributed by atoms with Crippen LogP contribution >= 0.6 is 21.0 Å². The van der Waals surface area contributed by atoms with Crippen molar-refractivity contribution in [1.82, 2.24) is 15.2 Å². The van der Waals surface area contributed by atoms with E-state index in [1.54, 1.807) is 23.9 Å². The Hall–Kier alpha value is -4.08. The Kier molecular flexibility index (Phi) is 8.50. The van der Waals surface area contributed by atoms with Gasteiger partial charge in [0.15, 0.2) is 6.61 Å². The smallest absolute Gasteiger partial charge is 0.293 e. The fourth-order valence-electron chi connectivity index (χ4n) is 5.80. The molecule has 1 aromatic heterocycles. The van der Waals surface area contributed by atoms with Crippen molar-refractivity contribution < 1.29 is 28.2 Å². The minimum Gasteiger partial charge on any atom is -0.484 e. The van der Waals surface area contributed by atoms with Gasteiger partial charge < -0.3 is 30.0 Å². The Morgan fingerprint density at radius 1 is 1.18 bits per heavy atom. The number of H-pyrrole nitrogens is 1. The molecule has 45 heavy (non-hydrogen) atoms. The van der Waals surface area contributed by atoms with Gasteiger partial charge in [0.05, 0.1) is 5.69 Å². The molecule has 0 aliphatic carbocycles. The van der Waals surface area contributed by atoms with Gasteiger partial charge in [-0.2, -0.15) is 0 Å². The van der Waals surface area contributed by atoms with E-state index in [0.29, 0.717) is 25.4 Å². The highest BCUT2D eigenvalue weighted by molar-refractivity contribution is 8.01. The van der Waals surface area contributed by atoms with Crippen molar-refractivity contribution >= 4 is 61.2 Å². The lowest BCUT2D eigenvalue weighted by atomic mass is 9.97. The number of ether oxygens (including phenoxy) is 2. The number of aromatic nitrogens is 1. The van der Waals surface area contributed by atoms with Gasteiger partial charge in [-0.05, 0) is 62.0 Å². The predicted molar refractivity (Wildman–Crippen MR) is 177 cm³/mol. The van der Waals surface area contributed by atoms with Gasteiger partial charge in [0.25, 0.3) is 12.4 Å². The molecule has 4 heterocycles. The fraction of sp³-hybridized carbons (Fsp3) is 0.303. The molecule has 4 unspecified atom stereocenters. The van der Waals surface area contributed by atoms with E-state index < -0.39 is 6.04 Å². The molecule has 4 atom stereocenters. The average molecular weight is 649 g/mol. The number of β-lactam (4-membered cyclic amide) rings is 1. The summed E-state index contributed by atoms with van der Waals surface area (Å²) in [4.78, 5) is 40.1. The number of aromatic amines is 1. The lowest BCUT2D eigenvalue weighted by molar-refractivity contribution is -0.151. The highest BCUT2D eigenvalue weighted by atomic mass is 32.2. The van der Waals surface area contributed by atoms with E-state index in [9.17, 15) is 18.8 Å². The number of amides is 2. The van der Waals surface area contributed by atoms with Gasteiger partial charge in [0.2, 0.25) is 5.91 Å². The predicted octanol–water partition coefficient (Wildman–Crippen LogP) is 4.71. The average Bonchev–Trinajstić information content (AvgIpc) is 3.50. The molecular weight excluding hydrogens is 614 g/mol. The van der Waals surface area contributed by atoms with E-state index in [1.165, 1.54) is 6.07 Å². The fourth-order valence-corrected chi connectivity index (χ4v) is 7.65. The van der Waals surface area contributed by atoms with Gasteiger partial charge in [0.1, 0.15) is 29.6 Å². The first-order valence-corrected chi connectivity index (χ1v) is 16.0. The molecule has 0 spiro atoms. The standard InChI is InChI=1S/C25H25FN4O3S.C8H9O2P/c1-12-25(2,3)34-24-22(23(32)30(12)24)29-20(31)11-33-14-5-6-15-19(9-14)27-10-17-16-8-13(26)4-7-18(16)28-21(15)17;9-6-10-5-7-1-3-8(11)4-2-7/h4-9,12,22,24,27-28H,10-11H2,1-3H3,(H,29,31);1-4,6H,5,11H2. The summed E-state index contributed by atoms with van der Waals surface area (Å²) < 4.78 is 24.0. The Labute approximate surface area is 266 Å². The number of thioether (sulfide) groups is 1. The second-order valence-electron chi connectivity index (χ2n) is 11.7. The largest absolute Gasteiger partial charge is 0.484 e. The summed E-state index contributed by atoms with van der Waals surface area (Å²) in [6.45, 7) is 7.49. The van der Waals surface area contributed by atoms with Crippen LogP contribution in [0.15, 0.2) is 60.7 Å². The van der Waals surface area contributed by atoms with Crippen LogP contribution in [0.3, 0.4) is 0 Å². The summed E-state index contributed by atoms with van der Waals surface area (Å²) in [5.41, 5.74) is 5.71. The summed E-state index contributed by atoms with van der Waals surface area (Å²) in [7, 11) is 2.59. The molecule has 3 aromatic carbocycles. The van der Waals surface area contributed by atoms with Gasteiger partial charge in [-0.25, -0.2) is 4.39 Å². The summed E-state index contributed by atoms with van der Waals surface area (Å²) in [6, 6.07) is 17.7. The van der Waals surface area contributed by atoms with Gasteiger partial charge in [-0.1, -0.05) is 24.3 Å². The van der Waals surface area contributed by atoms with Crippen molar-refractivity contribution in [1.29, 1.82) is 0 Å². The first-order chi connectivity index (χ1) is 21.6. The van der Waals surface area contributed by atoms with Crippen LogP contribution in [0.4, 0.5) is 10.1 Å². The highest BCUT2D eigenvalue weighted by Gasteiger charge is 2.60. The summed E-state index contributed by atoms with van der Waals surface area (Å²) >= 11 is 1.72. The van der Waals surface area contributed by atoms with Gasteiger partial charge in [-0.15, -0.1) is 21.0 Å². The maximum atomic E-state index is 13.7. The number of nitrogens with one attached hydrogen (secondary N) is 3. The van der Waals surface area contributed by atoms with Gasteiger partial charge in [0, 0.05) is 51.1 Å². The Morgan fingerprint density at radius 2 is 1.96 bits per heavy atom. The van der Waals surface area contributed by atoms with Crippen molar-refractivity contribution in [3.05, 3.63) is 77.6 Å². The van der Waals surface area contributed by atoms with Crippen molar-refractivity contribution in [2.24, 2.45) is 0 Å². The van der Waals surface area contributed by atoms with E-state index in [0.717, 1.165) is 44.3 Å². The number of rotatable bonds is 7. The van der Waals surface area contributed by atoms with Crippen molar-refractivity contribution in [2.75, 3.05) is 11.9 Å². The van der Waals surface area contributed by atoms with E-state index in [4.69, 9.17) is 4.74 Å². The van der Waals surface area contributed by atoms with Crippen LogP contribution in [-0.2, 0) is 32.3 Å². The molecule has 3 aliphatic rings. The zero-order valence-corrected chi connectivity index (χ0v) is 27.0. The molecule has 7 rings (SSSR count). The van der Waals surface area contributed by atoms with Crippen LogP contribution in [-0.4, -0.2) is 57.0 Å². The number of nitrogens with zero attached hydrogens (tertiary/aromatic N) is 1. The Balaban J connectivity index is 0.000000276. The number of fused-ring (bicyclic) bond motifs is 6. The molecule has 234 valence electrons. The van der Waals surface area contributed by atoms with Crippen LogP contribution in [0.5, 0.6) is 5.75 Å². The number of carbonyl (C=O) groups is 3. The molecule has 3 aliphatic heterocycles. The molecule has 4 aromatic rings. The van der Waals surface area contributed by atoms with Gasteiger partial charge >= 0.3 is 0 Å². The third-order valence-corrected chi connectivity index (χ3v) is 10.6. The molecular formula is C33H34FN4O5PS. The van der Waals surface area contributed by atoms with Crippen LogP contribution < -0.4 is 20.7 Å². The lowest BCUT2D eigenvalue weighted by Gasteiger charge is -2.44. The van der Waals surface area contributed by atoms with Crippen molar-refractivity contribution in [2.45, 2.75) is 56.1 Å². The molecule has 0 radical (unpaired) electrons. The number of hydrogen-bond donors (Lipinski definition) is 3. The topological polar surface area (TPSA) is 113 Å². The molecule has 9 nitrogen and oxygen atoms in total. The normalized spacial score (nSPS) is 20.4. The zero-order chi connectivity index (χ0) is 31.9. The second kappa shape index (κ2) is 12.4. The van der Waals surface area contributed by atoms with E-state index in [2.05, 4.69) is 43.4 Å². The number of hydrogen-bond acceptors (Lipinski definition) is 7. The van der Waals surface area contributed by atoms with Crippen LogP contribution in [0.1, 0.15) is 31.9 Å². The molecule has 2 amide bonds. The number of carbonyl (C=O) groups excluding carboxylic acids is 3. The zero-order valence-electron chi connectivity index (χ0n) is 25.1. The number of anilines is 1. The summed E-state index contributed by atoms with van der Waals surface area (Å²) in [5.74, 6) is -0.0563. The molecule has 0 saturated carbocycles. The molecule has 0 bridgehead atoms. The van der Waals surface area contributed by atoms with Gasteiger partial charge in [-0.3, -0.25) is 14.4 Å². The Bertz CT molecular complexity index is 1780. The number of halogens is 1. The van der Waals surface area contributed by atoms with Crippen molar-refractivity contribution in [3.8, 4) is 17.0 Å². The second-order valence-corrected chi connectivity index (χ2v) is 14.2. The lowest BCUT2D eigenvalue weighted by Crippen LogP contribution is -2.69. The first-order valence-electron chi connectivity index (χ1n) is 14.6. The first kappa shape index (κ1) is 30.9. The Morgan fingerprint density at radius 3 is 2.71 bits per heavy atom. The van der Waals surface area contributed by atoms with Crippen LogP contribution in [0.25, 0.3) is 22.2 Å². The molecule has 12 heteroatoms. The minimum atomic E-state index is -0.499. The van der Waals surface area contributed by atoms with Crippen molar-refractivity contribution in [3.63, 3.8) is 0 Å². The molecule has 3 N–H and O–H groups in total. The quantitative estimate of drug-likeness (QED) is 0.151. The van der Waals surface area contributed by atoms with Crippen LogP contribution in [0, 0.1) is 5.82 Å². The van der Waals surface area contributed by atoms with E-state index in [1.807, 2.05) is 54.3 Å². The number of benzene rings is 3. The van der Waals surface area contributed by atoms with E-state index >= 15 is 0 Å². The molecule has 2 saturated heterocycles. The summed E-state index contributed by atoms with van der Waals surface area (Å²) in [6.07, 6.45) is 0. The third-order valence-electron chi connectivity index (χ3n) is 8.50. The molecule has 2 fully saturated rings. The maximum absolute atomic E-state index is 13.7. The SMILES string of the molecule is CC1N2C(=O)C(NC(=O)COc3ccc4c(c3)NCc3c-4[nH]c4ccc(F)cc34)C2SC1(C)C.O=COCc1ccc(P)cc1. The maximum Gasteiger partial charge on any atom is 0.293 e. The van der Waals surface area contributed by atoms with Crippen LogP contribution in [0.2, 0.25) is 0 Å². The summed E-state index contributed by atoms with van der Waals surface area (Å²) in [5, 5.41) is 8.17. The highest BCUT2D eigenvalue weighted by Crippen LogP contribution is 2.50.